The maximum absolute atomic E-state index is 9.08. The van der Waals surface area contributed by atoms with E-state index in [1.165, 1.54) is 38.5 Å². The second-order valence-electron chi connectivity index (χ2n) is 6.34. The minimum absolute atomic E-state index is 0.161. The Labute approximate surface area is 125 Å². The summed E-state index contributed by atoms with van der Waals surface area (Å²) in [5, 5.41) is 16.8. The van der Waals surface area contributed by atoms with Crippen LogP contribution in [0.1, 0.15) is 49.8 Å². The quantitative estimate of drug-likeness (QED) is 0.378. The van der Waals surface area contributed by atoms with Crippen molar-refractivity contribution in [1.82, 2.24) is 9.78 Å². The smallest absolute Gasteiger partial charge is 0.175 e. The summed E-state index contributed by atoms with van der Waals surface area (Å²) in [6.45, 7) is 2.95. The normalized spacial score (nSPS) is 26.8. The molecule has 3 rings (SSSR count). The van der Waals surface area contributed by atoms with Gasteiger partial charge in [-0.1, -0.05) is 18.0 Å². The van der Waals surface area contributed by atoms with E-state index in [0.29, 0.717) is 6.04 Å². The first kappa shape index (κ1) is 14.2. The van der Waals surface area contributed by atoms with Crippen LogP contribution in [-0.2, 0) is 7.05 Å². The zero-order valence-electron chi connectivity index (χ0n) is 12.9. The lowest BCUT2D eigenvalue weighted by molar-refractivity contribution is 0.241. The van der Waals surface area contributed by atoms with E-state index >= 15 is 0 Å². The first-order valence-corrected chi connectivity index (χ1v) is 7.91. The molecule has 2 atom stereocenters. The number of hydrogen-bond acceptors (Lipinski definition) is 4. The molecule has 2 unspecified atom stereocenters. The molecule has 0 radical (unpaired) electrons. The van der Waals surface area contributed by atoms with Crippen LogP contribution in [0.25, 0.3) is 0 Å². The van der Waals surface area contributed by atoms with Crippen molar-refractivity contribution in [1.29, 1.82) is 0 Å². The Hall–Kier alpha value is -1.72. The van der Waals surface area contributed by atoms with Crippen LogP contribution in [0, 0.1) is 12.8 Å². The molecule has 6 nitrogen and oxygen atoms in total. The van der Waals surface area contributed by atoms with E-state index in [0.717, 1.165) is 29.5 Å². The lowest BCUT2D eigenvalue weighted by Crippen LogP contribution is -2.48. The van der Waals surface area contributed by atoms with Crippen molar-refractivity contribution in [3.63, 3.8) is 0 Å². The highest BCUT2D eigenvalue weighted by Crippen LogP contribution is 2.39. The fourth-order valence-electron chi connectivity index (χ4n) is 4.21. The van der Waals surface area contributed by atoms with Crippen LogP contribution in [0.15, 0.2) is 5.16 Å². The molecule has 0 bridgehead atoms. The highest BCUT2D eigenvalue weighted by molar-refractivity contribution is 6.02. The van der Waals surface area contributed by atoms with Gasteiger partial charge in [0, 0.05) is 19.6 Å². The largest absolute Gasteiger partial charge is 0.409 e. The second-order valence-corrected chi connectivity index (χ2v) is 6.34. The zero-order valence-corrected chi connectivity index (χ0v) is 12.9. The molecule has 2 fully saturated rings. The molecule has 1 aromatic heterocycles. The van der Waals surface area contributed by atoms with Gasteiger partial charge in [-0.05, 0) is 38.5 Å². The summed E-state index contributed by atoms with van der Waals surface area (Å²) in [5.74, 6) is 1.95. The summed E-state index contributed by atoms with van der Waals surface area (Å²) >= 11 is 0. The van der Waals surface area contributed by atoms with Gasteiger partial charge >= 0.3 is 0 Å². The number of nitrogens with two attached hydrogens (primary N) is 1. The van der Waals surface area contributed by atoms with Crippen LogP contribution in [0.3, 0.4) is 0 Å². The fourth-order valence-corrected chi connectivity index (χ4v) is 4.21. The third-order valence-corrected chi connectivity index (χ3v) is 5.07. The average molecular weight is 291 g/mol. The van der Waals surface area contributed by atoms with E-state index in [9.17, 15) is 0 Å². The molecule has 0 spiro atoms. The first-order chi connectivity index (χ1) is 10.1. The van der Waals surface area contributed by atoms with E-state index in [1.54, 1.807) is 0 Å². The molecule has 3 N–H and O–H groups in total. The summed E-state index contributed by atoms with van der Waals surface area (Å²) in [5.41, 5.74) is 7.51. The summed E-state index contributed by atoms with van der Waals surface area (Å²) < 4.78 is 1.89. The molecular formula is C15H25N5O. The zero-order chi connectivity index (χ0) is 15.0. The number of aryl methyl sites for hydroxylation is 2. The number of fused-ring (bicyclic) bond motifs is 1. The Bertz CT molecular complexity index is 549. The number of piperidine rings is 1. The van der Waals surface area contributed by atoms with Gasteiger partial charge in [0.15, 0.2) is 5.84 Å². The SMILES string of the molecule is Cc1nn(C)c(N2CCCC3CCCCC32)c1C(N)=NO. The van der Waals surface area contributed by atoms with Crippen LogP contribution in [0.4, 0.5) is 5.82 Å². The molecule has 0 aromatic carbocycles. The first-order valence-electron chi connectivity index (χ1n) is 7.91. The predicted octanol–water partition coefficient (Wildman–Crippen LogP) is 1.98. The van der Waals surface area contributed by atoms with Crippen molar-refractivity contribution in [3.8, 4) is 0 Å². The van der Waals surface area contributed by atoms with Crippen LogP contribution in [0.5, 0.6) is 0 Å². The number of aromatic nitrogens is 2. The van der Waals surface area contributed by atoms with Crippen LogP contribution < -0.4 is 10.6 Å². The number of anilines is 1. The Morgan fingerprint density at radius 1 is 1.29 bits per heavy atom. The lowest BCUT2D eigenvalue weighted by atomic mass is 9.78. The molecule has 1 aliphatic heterocycles. The van der Waals surface area contributed by atoms with E-state index in [4.69, 9.17) is 10.9 Å². The molecule has 2 aliphatic rings. The molecule has 0 amide bonds. The van der Waals surface area contributed by atoms with Gasteiger partial charge in [-0.3, -0.25) is 4.68 Å². The number of amidine groups is 1. The summed E-state index contributed by atoms with van der Waals surface area (Å²) in [4.78, 5) is 2.46. The molecule has 1 aliphatic carbocycles. The van der Waals surface area contributed by atoms with E-state index in [-0.39, 0.29) is 5.84 Å². The lowest BCUT2D eigenvalue weighted by Gasteiger charge is -2.45. The minimum Gasteiger partial charge on any atom is -0.409 e. The molecule has 1 saturated heterocycles. The van der Waals surface area contributed by atoms with Gasteiger partial charge in [0.1, 0.15) is 5.82 Å². The summed E-state index contributed by atoms with van der Waals surface area (Å²) in [6, 6.07) is 0.576. The van der Waals surface area contributed by atoms with Crippen LogP contribution >= 0.6 is 0 Å². The highest BCUT2D eigenvalue weighted by Gasteiger charge is 2.36. The number of nitrogens with zero attached hydrogens (tertiary/aromatic N) is 4. The van der Waals surface area contributed by atoms with Crippen molar-refractivity contribution in [2.75, 3.05) is 11.4 Å². The van der Waals surface area contributed by atoms with Gasteiger partial charge in [-0.15, -0.1) is 0 Å². The van der Waals surface area contributed by atoms with Crippen molar-refractivity contribution in [2.24, 2.45) is 23.9 Å². The number of rotatable bonds is 2. The molecule has 1 aromatic rings. The van der Waals surface area contributed by atoms with E-state index in [2.05, 4.69) is 15.2 Å². The molecule has 1 saturated carbocycles. The van der Waals surface area contributed by atoms with Crippen molar-refractivity contribution >= 4 is 11.7 Å². The standard InChI is InChI=1S/C15H25N5O/c1-10-13(14(16)18-21)15(19(2)17-10)20-9-5-7-11-6-3-4-8-12(11)20/h11-12,21H,3-9H2,1-2H3,(H2,16,18). The second kappa shape index (κ2) is 5.58. The molecule has 21 heavy (non-hydrogen) atoms. The topological polar surface area (TPSA) is 79.7 Å². The average Bonchev–Trinajstić information content (AvgIpc) is 2.80. The molecular weight excluding hydrogens is 266 g/mol. The van der Waals surface area contributed by atoms with Gasteiger partial charge in [0.2, 0.25) is 0 Å². The Morgan fingerprint density at radius 2 is 2.00 bits per heavy atom. The minimum atomic E-state index is 0.161. The Balaban J connectivity index is 2.02. The molecule has 2 heterocycles. The fraction of sp³-hybridized carbons (Fsp3) is 0.733. The molecule has 6 heteroatoms. The van der Waals surface area contributed by atoms with Crippen molar-refractivity contribution < 1.29 is 5.21 Å². The predicted molar refractivity (Wildman–Crippen MR) is 82.8 cm³/mol. The van der Waals surface area contributed by atoms with E-state index in [1.807, 2.05) is 18.7 Å². The van der Waals surface area contributed by atoms with Crippen molar-refractivity contribution in [3.05, 3.63) is 11.3 Å². The number of hydrogen-bond donors (Lipinski definition) is 2. The Morgan fingerprint density at radius 3 is 2.76 bits per heavy atom. The monoisotopic (exact) mass is 291 g/mol. The maximum Gasteiger partial charge on any atom is 0.175 e. The third kappa shape index (κ3) is 2.36. The van der Waals surface area contributed by atoms with Crippen LogP contribution in [-0.4, -0.2) is 33.4 Å². The summed E-state index contributed by atoms with van der Waals surface area (Å²) in [7, 11) is 1.95. The Kier molecular flexibility index (Phi) is 3.78. The van der Waals surface area contributed by atoms with Gasteiger partial charge in [-0.2, -0.15) is 5.10 Å². The molecule has 116 valence electrons. The number of oxime groups is 1. The van der Waals surface area contributed by atoms with Crippen molar-refractivity contribution in [2.45, 2.75) is 51.5 Å². The highest BCUT2D eigenvalue weighted by atomic mass is 16.4. The van der Waals surface area contributed by atoms with Gasteiger partial charge in [0.05, 0.1) is 11.3 Å². The van der Waals surface area contributed by atoms with Gasteiger partial charge in [-0.25, -0.2) is 0 Å². The van der Waals surface area contributed by atoms with E-state index < -0.39 is 0 Å². The third-order valence-electron chi connectivity index (χ3n) is 5.07. The van der Waals surface area contributed by atoms with Gasteiger partial charge < -0.3 is 15.8 Å². The summed E-state index contributed by atoms with van der Waals surface area (Å²) in [6.07, 6.45) is 7.76. The maximum atomic E-state index is 9.08. The van der Waals surface area contributed by atoms with Crippen LogP contribution in [0.2, 0.25) is 0 Å². The van der Waals surface area contributed by atoms with Gasteiger partial charge in [0.25, 0.3) is 0 Å².